The second-order valence-electron chi connectivity index (χ2n) is 3.56. The van der Waals surface area contributed by atoms with Crippen LogP contribution in [0.25, 0.3) is 0 Å². The molecule has 1 aromatic heterocycles. The summed E-state index contributed by atoms with van der Waals surface area (Å²) in [6, 6.07) is 0.376. The van der Waals surface area contributed by atoms with Crippen molar-refractivity contribution in [1.29, 1.82) is 0 Å². The molecule has 0 spiro atoms. The Labute approximate surface area is 77.5 Å². The van der Waals surface area contributed by atoms with Crippen LogP contribution in [0.1, 0.15) is 24.7 Å². The predicted octanol–water partition coefficient (Wildman–Crippen LogP) is 0.295. The smallest absolute Gasteiger partial charge is 0.244 e. The van der Waals surface area contributed by atoms with E-state index in [0.29, 0.717) is 6.04 Å². The average Bonchev–Trinajstić information content (AvgIpc) is 2.75. The summed E-state index contributed by atoms with van der Waals surface area (Å²) in [4.78, 5) is 6.29. The normalized spacial score (nSPS) is 22.2. The fraction of sp³-hybridized carbons (Fsp3) is 0.750. The van der Waals surface area contributed by atoms with Crippen LogP contribution in [-0.2, 0) is 0 Å². The Hall–Kier alpha value is -1.10. The number of rotatable bonds is 2. The largest absolute Gasteiger partial charge is 0.346 e. The molecule has 0 bridgehead atoms. The van der Waals surface area contributed by atoms with Gasteiger partial charge in [-0.25, -0.2) is 0 Å². The second kappa shape index (κ2) is 3.33. The highest BCUT2D eigenvalue weighted by atomic mass is 15.3. The maximum Gasteiger partial charge on any atom is 0.244 e. The maximum atomic E-state index is 4.39. The van der Waals surface area contributed by atoms with E-state index in [1.54, 1.807) is 0 Å². The molecule has 2 heterocycles. The fourth-order valence-electron chi connectivity index (χ4n) is 1.54. The van der Waals surface area contributed by atoms with Gasteiger partial charge in [-0.2, -0.15) is 4.98 Å². The van der Waals surface area contributed by atoms with Crippen molar-refractivity contribution >= 4 is 5.95 Å². The van der Waals surface area contributed by atoms with E-state index in [1.165, 1.54) is 6.42 Å². The summed E-state index contributed by atoms with van der Waals surface area (Å²) in [7, 11) is 3.88. The number of anilines is 1. The van der Waals surface area contributed by atoms with Gasteiger partial charge < -0.3 is 10.2 Å². The number of nitrogens with one attached hydrogen (secondary N) is 2. The lowest BCUT2D eigenvalue weighted by atomic mass is 10.2. The Bertz CT molecular complexity index is 274. The lowest BCUT2D eigenvalue weighted by Crippen LogP contribution is -2.15. The Morgan fingerprint density at radius 3 is 2.85 bits per heavy atom. The Morgan fingerprint density at radius 1 is 1.46 bits per heavy atom. The molecule has 1 aromatic rings. The highest BCUT2D eigenvalue weighted by Gasteiger charge is 2.19. The summed E-state index contributed by atoms with van der Waals surface area (Å²) in [5, 5.41) is 10.4. The van der Waals surface area contributed by atoms with Gasteiger partial charge in [-0.05, 0) is 19.4 Å². The highest BCUT2D eigenvalue weighted by molar-refractivity contribution is 5.25. The molecule has 0 aromatic carbocycles. The molecule has 5 heteroatoms. The Kier molecular flexibility index (Phi) is 2.18. The first-order chi connectivity index (χ1) is 6.27. The molecular formula is C8H15N5. The van der Waals surface area contributed by atoms with Crippen molar-refractivity contribution in [3.63, 3.8) is 0 Å². The van der Waals surface area contributed by atoms with Gasteiger partial charge in [-0.3, -0.25) is 5.10 Å². The number of nitrogens with zero attached hydrogens (tertiary/aromatic N) is 3. The molecule has 5 nitrogen and oxygen atoms in total. The molecule has 0 aliphatic carbocycles. The lowest BCUT2D eigenvalue weighted by Gasteiger charge is -2.05. The molecule has 1 aliphatic heterocycles. The molecule has 0 amide bonds. The standard InChI is InChI=1S/C8H15N5/c1-13(2)8-10-7(11-12-8)6-4-3-5-9-6/h6,9H,3-5H2,1-2H3,(H,10,11,12). The van der Waals surface area contributed by atoms with E-state index in [1.807, 2.05) is 19.0 Å². The van der Waals surface area contributed by atoms with Gasteiger partial charge in [0.25, 0.3) is 0 Å². The topological polar surface area (TPSA) is 56.8 Å². The molecule has 1 atom stereocenters. The average molecular weight is 181 g/mol. The third-order valence-corrected chi connectivity index (χ3v) is 2.28. The van der Waals surface area contributed by atoms with E-state index in [0.717, 1.165) is 24.7 Å². The van der Waals surface area contributed by atoms with E-state index >= 15 is 0 Å². The van der Waals surface area contributed by atoms with Crippen molar-refractivity contribution in [2.24, 2.45) is 0 Å². The molecule has 1 aliphatic rings. The van der Waals surface area contributed by atoms with Crippen molar-refractivity contribution in [1.82, 2.24) is 20.5 Å². The number of hydrogen-bond acceptors (Lipinski definition) is 4. The summed E-state index contributed by atoms with van der Waals surface area (Å²) < 4.78 is 0. The van der Waals surface area contributed by atoms with Crippen LogP contribution < -0.4 is 10.2 Å². The maximum absolute atomic E-state index is 4.39. The Morgan fingerprint density at radius 2 is 2.31 bits per heavy atom. The zero-order valence-electron chi connectivity index (χ0n) is 8.04. The minimum absolute atomic E-state index is 0.376. The summed E-state index contributed by atoms with van der Waals surface area (Å²) in [5.41, 5.74) is 0. The van der Waals surface area contributed by atoms with Crippen LogP contribution in [0.4, 0.5) is 5.95 Å². The van der Waals surface area contributed by atoms with Crippen LogP contribution in [0.15, 0.2) is 0 Å². The van der Waals surface area contributed by atoms with E-state index in [9.17, 15) is 0 Å². The first-order valence-corrected chi connectivity index (χ1v) is 4.60. The van der Waals surface area contributed by atoms with Gasteiger partial charge in [-0.15, -0.1) is 5.10 Å². The summed E-state index contributed by atoms with van der Waals surface area (Å²) in [6.45, 7) is 1.09. The Balaban J connectivity index is 2.12. The molecule has 0 radical (unpaired) electrons. The quantitative estimate of drug-likeness (QED) is 0.688. The molecule has 0 saturated carbocycles. The summed E-state index contributed by atoms with van der Waals surface area (Å²) in [6.07, 6.45) is 2.38. The number of hydrogen-bond donors (Lipinski definition) is 2. The molecule has 13 heavy (non-hydrogen) atoms. The minimum Gasteiger partial charge on any atom is -0.346 e. The number of aromatic amines is 1. The van der Waals surface area contributed by atoms with Gasteiger partial charge in [0.2, 0.25) is 5.95 Å². The van der Waals surface area contributed by atoms with Gasteiger partial charge in [0.15, 0.2) is 0 Å². The molecule has 2 rings (SSSR count). The van der Waals surface area contributed by atoms with Crippen LogP contribution in [0.2, 0.25) is 0 Å². The monoisotopic (exact) mass is 181 g/mol. The molecule has 1 saturated heterocycles. The fourth-order valence-corrected chi connectivity index (χ4v) is 1.54. The van der Waals surface area contributed by atoms with E-state index < -0.39 is 0 Å². The zero-order valence-corrected chi connectivity index (χ0v) is 8.04. The minimum atomic E-state index is 0.376. The molecule has 1 unspecified atom stereocenters. The third-order valence-electron chi connectivity index (χ3n) is 2.28. The van der Waals surface area contributed by atoms with Gasteiger partial charge in [0.1, 0.15) is 5.82 Å². The molecule has 72 valence electrons. The van der Waals surface area contributed by atoms with Crippen LogP contribution in [-0.4, -0.2) is 35.8 Å². The predicted molar refractivity (Wildman–Crippen MR) is 50.7 cm³/mol. The van der Waals surface area contributed by atoms with E-state index in [-0.39, 0.29) is 0 Å². The van der Waals surface area contributed by atoms with E-state index in [4.69, 9.17) is 0 Å². The summed E-state index contributed by atoms with van der Waals surface area (Å²) in [5.74, 6) is 1.71. The zero-order chi connectivity index (χ0) is 9.26. The number of aromatic nitrogens is 3. The highest BCUT2D eigenvalue weighted by Crippen LogP contribution is 2.20. The van der Waals surface area contributed by atoms with Crippen molar-refractivity contribution < 1.29 is 0 Å². The third kappa shape index (κ3) is 1.65. The molecule has 2 N–H and O–H groups in total. The number of H-pyrrole nitrogens is 1. The van der Waals surface area contributed by atoms with Crippen LogP contribution in [0.3, 0.4) is 0 Å². The second-order valence-corrected chi connectivity index (χ2v) is 3.56. The first-order valence-electron chi connectivity index (χ1n) is 4.60. The van der Waals surface area contributed by atoms with Crippen molar-refractivity contribution in [2.45, 2.75) is 18.9 Å². The summed E-state index contributed by atoms with van der Waals surface area (Å²) >= 11 is 0. The lowest BCUT2D eigenvalue weighted by molar-refractivity contribution is 0.608. The van der Waals surface area contributed by atoms with Gasteiger partial charge >= 0.3 is 0 Å². The van der Waals surface area contributed by atoms with Crippen LogP contribution >= 0.6 is 0 Å². The van der Waals surface area contributed by atoms with Gasteiger partial charge in [0.05, 0.1) is 6.04 Å². The molecular weight excluding hydrogens is 166 g/mol. The first kappa shape index (κ1) is 8.50. The van der Waals surface area contributed by atoms with Crippen molar-refractivity contribution in [3.8, 4) is 0 Å². The molecule has 1 fully saturated rings. The van der Waals surface area contributed by atoms with Gasteiger partial charge in [0, 0.05) is 14.1 Å². The van der Waals surface area contributed by atoms with Crippen molar-refractivity contribution in [2.75, 3.05) is 25.5 Å². The van der Waals surface area contributed by atoms with Crippen molar-refractivity contribution in [3.05, 3.63) is 5.82 Å². The van der Waals surface area contributed by atoms with Gasteiger partial charge in [-0.1, -0.05) is 0 Å². The van der Waals surface area contributed by atoms with E-state index in [2.05, 4.69) is 20.5 Å². The SMILES string of the molecule is CN(C)c1n[nH]c(C2CCCN2)n1. The van der Waals surface area contributed by atoms with Crippen LogP contribution in [0.5, 0.6) is 0 Å². The van der Waals surface area contributed by atoms with Crippen LogP contribution in [0, 0.1) is 0 Å².